The maximum atomic E-state index is 6.63. The Morgan fingerprint density at radius 2 is 0.787 bits per heavy atom. The van der Waals surface area contributed by atoms with E-state index in [2.05, 4.69) is 179 Å². The quantitative estimate of drug-likeness (QED) is 0.186. The second-order valence-corrected chi connectivity index (χ2v) is 14.3. The smallest absolute Gasteiger partial charge is 0.399 e. The zero-order chi connectivity index (χ0) is 32.0. The monoisotopic (exact) mass is 608 g/mol. The Morgan fingerprint density at radius 3 is 1.30 bits per heavy atom. The molecule has 1 fully saturated rings. The minimum atomic E-state index is -0.536. The molecule has 6 aromatic carbocycles. The summed E-state index contributed by atoms with van der Waals surface area (Å²) in [6.45, 7) is 8.49. The summed E-state index contributed by atoms with van der Waals surface area (Å²) in [5, 5.41) is 0. The van der Waals surface area contributed by atoms with Gasteiger partial charge in [0, 0.05) is 0 Å². The summed E-state index contributed by atoms with van der Waals surface area (Å²) in [6, 6.07) is 56.3. The van der Waals surface area contributed by atoms with Crippen LogP contribution in [0.15, 0.2) is 152 Å². The van der Waals surface area contributed by atoms with Crippen LogP contribution >= 0.6 is 0 Å². The van der Waals surface area contributed by atoms with Gasteiger partial charge in [0.05, 0.1) is 22.0 Å². The Kier molecular flexibility index (Phi) is 6.01. The van der Waals surface area contributed by atoms with Crippen LogP contribution in [0.4, 0.5) is 0 Å². The maximum absolute atomic E-state index is 6.63. The molecule has 3 aliphatic rings. The van der Waals surface area contributed by atoms with Crippen molar-refractivity contribution in [1.82, 2.24) is 0 Å². The van der Waals surface area contributed by atoms with Crippen LogP contribution in [0.5, 0.6) is 0 Å². The van der Waals surface area contributed by atoms with Crippen LogP contribution < -0.4 is 5.46 Å². The molecule has 0 amide bonds. The van der Waals surface area contributed by atoms with E-state index in [1.54, 1.807) is 0 Å². The third kappa shape index (κ3) is 3.65. The largest absolute Gasteiger partial charge is 0.494 e. The van der Waals surface area contributed by atoms with Crippen molar-refractivity contribution in [2.75, 3.05) is 0 Å². The lowest BCUT2D eigenvalue weighted by molar-refractivity contribution is 0.00578. The van der Waals surface area contributed by atoms with E-state index < -0.39 is 29.2 Å². The first kappa shape index (κ1) is 28.5. The SMILES string of the molecule is CC1(C)OB(c2ccc3c(c2)C2(c4ccccc4-3)c3ccccc3C(c3ccccc3)(c3ccccc3)c3ccccc32)OC1(C)C. The van der Waals surface area contributed by atoms with Gasteiger partial charge < -0.3 is 9.31 Å². The van der Waals surface area contributed by atoms with Gasteiger partial charge in [0.1, 0.15) is 0 Å². The summed E-state index contributed by atoms with van der Waals surface area (Å²) in [6.07, 6.45) is 0. The highest BCUT2D eigenvalue weighted by Crippen LogP contribution is 2.64. The van der Waals surface area contributed by atoms with Gasteiger partial charge in [-0.1, -0.05) is 152 Å². The fourth-order valence-corrected chi connectivity index (χ4v) is 8.73. The first-order valence-electron chi connectivity index (χ1n) is 16.7. The summed E-state index contributed by atoms with van der Waals surface area (Å²) >= 11 is 0. The average Bonchev–Trinajstić information content (AvgIpc) is 3.52. The molecule has 3 heteroatoms. The molecule has 1 spiro atoms. The number of hydrogen-bond acceptors (Lipinski definition) is 2. The van der Waals surface area contributed by atoms with Crippen LogP contribution in [0.3, 0.4) is 0 Å². The Balaban J connectivity index is 1.41. The molecule has 0 bridgehead atoms. The second kappa shape index (κ2) is 9.91. The predicted molar refractivity (Wildman–Crippen MR) is 191 cm³/mol. The molecule has 0 saturated carbocycles. The van der Waals surface area contributed by atoms with E-state index in [4.69, 9.17) is 9.31 Å². The molecule has 1 heterocycles. The fourth-order valence-electron chi connectivity index (χ4n) is 8.73. The van der Waals surface area contributed by atoms with Gasteiger partial charge in [-0.05, 0) is 88.8 Å². The molecule has 228 valence electrons. The van der Waals surface area contributed by atoms with Crippen LogP contribution in [0.1, 0.15) is 72.2 Å². The number of fused-ring (bicyclic) bond motifs is 9. The van der Waals surface area contributed by atoms with E-state index in [-0.39, 0.29) is 0 Å². The third-order valence-electron chi connectivity index (χ3n) is 11.5. The van der Waals surface area contributed by atoms with Crippen molar-refractivity contribution in [3.63, 3.8) is 0 Å². The summed E-state index contributed by atoms with van der Waals surface area (Å²) < 4.78 is 13.3. The molecule has 2 aliphatic carbocycles. The zero-order valence-electron chi connectivity index (χ0n) is 27.3. The van der Waals surface area contributed by atoms with Gasteiger partial charge in [-0.25, -0.2) is 0 Å². The Morgan fingerprint density at radius 1 is 0.383 bits per heavy atom. The highest BCUT2D eigenvalue weighted by molar-refractivity contribution is 6.62. The number of benzene rings is 6. The molecule has 1 saturated heterocycles. The maximum Gasteiger partial charge on any atom is 0.494 e. The normalized spacial score (nSPS) is 18.7. The van der Waals surface area contributed by atoms with Gasteiger partial charge in [-0.2, -0.15) is 0 Å². The minimum absolute atomic E-state index is 0.424. The van der Waals surface area contributed by atoms with Crippen molar-refractivity contribution < 1.29 is 9.31 Å². The molecule has 9 rings (SSSR count). The molecular formula is C44H37BO2. The zero-order valence-corrected chi connectivity index (χ0v) is 27.3. The molecule has 6 aromatic rings. The van der Waals surface area contributed by atoms with Gasteiger partial charge in [0.25, 0.3) is 0 Å². The summed E-state index contributed by atoms with van der Waals surface area (Å²) in [5.74, 6) is 0. The van der Waals surface area contributed by atoms with Crippen molar-refractivity contribution in [3.05, 3.63) is 196 Å². The Hall–Kier alpha value is -4.70. The van der Waals surface area contributed by atoms with Crippen LogP contribution in [0.2, 0.25) is 0 Å². The Labute approximate surface area is 278 Å². The third-order valence-corrected chi connectivity index (χ3v) is 11.5. The molecule has 1 aliphatic heterocycles. The molecule has 47 heavy (non-hydrogen) atoms. The van der Waals surface area contributed by atoms with Gasteiger partial charge in [0.2, 0.25) is 0 Å². The summed E-state index contributed by atoms with van der Waals surface area (Å²) in [7, 11) is -0.451. The van der Waals surface area contributed by atoms with Crippen molar-refractivity contribution in [2.45, 2.75) is 49.7 Å². The van der Waals surface area contributed by atoms with Crippen LogP contribution in [0, 0.1) is 0 Å². The molecular weight excluding hydrogens is 571 g/mol. The average molecular weight is 609 g/mol. The van der Waals surface area contributed by atoms with Crippen LogP contribution in [0.25, 0.3) is 11.1 Å². The van der Waals surface area contributed by atoms with Crippen molar-refractivity contribution in [2.24, 2.45) is 0 Å². The summed E-state index contributed by atoms with van der Waals surface area (Å²) in [5.41, 5.74) is 12.0. The number of hydrogen-bond donors (Lipinski definition) is 0. The van der Waals surface area contributed by atoms with Crippen LogP contribution in [-0.2, 0) is 20.1 Å². The molecule has 0 radical (unpaired) electrons. The van der Waals surface area contributed by atoms with Gasteiger partial charge in [-0.15, -0.1) is 0 Å². The van der Waals surface area contributed by atoms with Gasteiger partial charge in [0.15, 0.2) is 0 Å². The first-order chi connectivity index (χ1) is 22.8. The second-order valence-electron chi connectivity index (χ2n) is 14.3. The standard InChI is InChI=1S/C44H37BO2/c1-41(2)42(3,4)47-45(46-41)32-27-28-34-33-21-11-12-22-35(33)44(40(34)29-32)38-25-15-13-23-36(38)43(30-17-7-5-8-18-30,31-19-9-6-10-20-31)37-24-14-16-26-39(37)44/h5-29H,1-4H3. The Bertz CT molecular complexity index is 2060. The van der Waals surface area contributed by atoms with Crippen molar-refractivity contribution >= 4 is 12.6 Å². The highest BCUT2D eigenvalue weighted by atomic mass is 16.7. The first-order valence-corrected chi connectivity index (χ1v) is 16.7. The van der Waals surface area contributed by atoms with Crippen LogP contribution in [-0.4, -0.2) is 18.3 Å². The van der Waals surface area contributed by atoms with E-state index in [0.717, 1.165) is 5.46 Å². The van der Waals surface area contributed by atoms with Crippen molar-refractivity contribution in [3.8, 4) is 11.1 Å². The molecule has 0 unspecified atom stereocenters. The lowest BCUT2D eigenvalue weighted by Crippen LogP contribution is -2.45. The van der Waals surface area contributed by atoms with Gasteiger partial charge in [-0.3, -0.25) is 0 Å². The molecule has 0 aromatic heterocycles. The van der Waals surface area contributed by atoms with E-state index in [1.807, 2.05) is 0 Å². The van der Waals surface area contributed by atoms with E-state index in [1.165, 1.54) is 55.6 Å². The topological polar surface area (TPSA) is 18.5 Å². The minimum Gasteiger partial charge on any atom is -0.399 e. The molecule has 0 atom stereocenters. The molecule has 2 nitrogen and oxygen atoms in total. The predicted octanol–water partition coefficient (Wildman–Crippen LogP) is 9.05. The van der Waals surface area contributed by atoms with E-state index in [0.29, 0.717) is 0 Å². The highest BCUT2D eigenvalue weighted by Gasteiger charge is 2.57. The lowest BCUT2D eigenvalue weighted by atomic mass is 9.51. The van der Waals surface area contributed by atoms with E-state index in [9.17, 15) is 0 Å². The van der Waals surface area contributed by atoms with Gasteiger partial charge >= 0.3 is 7.12 Å². The van der Waals surface area contributed by atoms with E-state index >= 15 is 0 Å². The molecule has 0 N–H and O–H groups in total. The van der Waals surface area contributed by atoms with Crippen molar-refractivity contribution in [1.29, 1.82) is 0 Å². The number of rotatable bonds is 3. The fraction of sp³-hybridized carbons (Fsp3) is 0.182. The summed E-state index contributed by atoms with van der Waals surface area (Å²) in [4.78, 5) is 0. The lowest BCUT2D eigenvalue weighted by Gasteiger charge is -2.50.